The van der Waals surface area contributed by atoms with E-state index >= 15 is 0 Å². The average Bonchev–Trinajstić information content (AvgIpc) is 2.39. The van der Waals surface area contributed by atoms with E-state index in [4.69, 9.17) is 9.47 Å². The minimum atomic E-state index is -0.0316. The molecule has 0 N–H and O–H groups in total. The summed E-state index contributed by atoms with van der Waals surface area (Å²) in [4.78, 5) is 12.0. The summed E-state index contributed by atoms with van der Waals surface area (Å²) in [6.07, 6.45) is 3.70. The molecule has 1 aromatic carbocycles. The van der Waals surface area contributed by atoms with Gasteiger partial charge in [0, 0.05) is 17.9 Å². The summed E-state index contributed by atoms with van der Waals surface area (Å²) < 4.78 is 11.5. The number of Topliss-reactive ketones (excluding diaryl/α,β-unsaturated/α-hetero) is 1. The third kappa shape index (κ3) is 2.39. The first-order valence-electron chi connectivity index (χ1n) is 6.12. The zero-order chi connectivity index (χ0) is 13.1. The molecule has 1 aliphatic carbocycles. The molecule has 4 heteroatoms. The molecule has 18 heavy (non-hydrogen) atoms. The number of carbonyl (C=O) groups excluding carboxylic acids is 1. The van der Waals surface area contributed by atoms with Gasteiger partial charge in [0.1, 0.15) is 21.8 Å². The van der Waals surface area contributed by atoms with Crippen molar-refractivity contribution >= 4 is 21.7 Å². The lowest BCUT2D eigenvalue weighted by atomic mass is 9.82. The summed E-state index contributed by atoms with van der Waals surface area (Å²) >= 11 is 3.48. The molecule has 0 amide bonds. The minimum Gasteiger partial charge on any atom is -0.495 e. The first kappa shape index (κ1) is 13.4. The predicted molar refractivity (Wildman–Crippen MR) is 73.5 cm³/mol. The van der Waals surface area contributed by atoms with Crippen LogP contribution >= 0.6 is 15.9 Å². The van der Waals surface area contributed by atoms with Gasteiger partial charge < -0.3 is 9.47 Å². The van der Waals surface area contributed by atoms with Crippen LogP contribution in [-0.4, -0.2) is 20.0 Å². The van der Waals surface area contributed by atoms with E-state index in [1.165, 1.54) is 0 Å². The molecular weight excluding hydrogens is 296 g/mol. The van der Waals surface area contributed by atoms with Gasteiger partial charge in [-0.3, -0.25) is 4.79 Å². The Morgan fingerprint density at radius 2 is 2.00 bits per heavy atom. The molecule has 0 heterocycles. The normalized spacial score (nSPS) is 19.7. The number of hydrogen-bond acceptors (Lipinski definition) is 3. The van der Waals surface area contributed by atoms with Crippen molar-refractivity contribution in [2.45, 2.75) is 31.6 Å². The molecule has 2 rings (SSSR count). The van der Waals surface area contributed by atoms with Crippen molar-refractivity contribution in [2.24, 2.45) is 0 Å². The Labute approximate surface area is 116 Å². The molecule has 1 aromatic rings. The third-order valence-corrected chi connectivity index (χ3v) is 4.20. The van der Waals surface area contributed by atoms with Crippen LogP contribution < -0.4 is 9.47 Å². The summed E-state index contributed by atoms with van der Waals surface area (Å²) in [7, 11) is 3.24. The van der Waals surface area contributed by atoms with Crippen molar-refractivity contribution in [1.82, 2.24) is 0 Å². The molecule has 0 bridgehead atoms. The maximum absolute atomic E-state index is 12.0. The van der Waals surface area contributed by atoms with Crippen molar-refractivity contribution in [3.05, 3.63) is 22.2 Å². The molecule has 0 saturated heterocycles. The quantitative estimate of drug-likeness (QED) is 0.854. The number of ether oxygens (including phenoxy) is 2. The lowest BCUT2D eigenvalue weighted by molar-refractivity contribution is -0.121. The molecule has 1 unspecified atom stereocenters. The molecular formula is C14H17BrO3. The third-order valence-electron chi connectivity index (χ3n) is 3.45. The van der Waals surface area contributed by atoms with Gasteiger partial charge in [-0.25, -0.2) is 0 Å². The van der Waals surface area contributed by atoms with Crippen molar-refractivity contribution in [2.75, 3.05) is 14.2 Å². The highest BCUT2D eigenvalue weighted by atomic mass is 79.9. The van der Waals surface area contributed by atoms with E-state index in [9.17, 15) is 4.79 Å². The van der Waals surface area contributed by atoms with Gasteiger partial charge in [0.15, 0.2) is 0 Å². The fourth-order valence-corrected chi connectivity index (χ4v) is 3.19. The Bertz CT molecular complexity index is 457. The highest BCUT2D eigenvalue weighted by Crippen LogP contribution is 2.43. The Morgan fingerprint density at radius 3 is 2.61 bits per heavy atom. The lowest BCUT2D eigenvalue weighted by Gasteiger charge is -2.23. The summed E-state index contributed by atoms with van der Waals surface area (Å²) in [5.41, 5.74) is 0.967. The molecule has 1 saturated carbocycles. The Kier molecular flexibility index (Phi) is 4.27. The van der Waals surface area contributed by atoms with E-state index in [0.29, 0.717) is 12.2 Å². The number of halogens is 1. The standard InChI is InChI=1S/C14H17BrO3/c1-17-12-8-7-10(14(18-2)13(12)15)9-5-3-4-6-11(9)16/h7-9H,3-6H2,1-2H3. The second-order valence-corrected chi connectivity index (χ2v) is 5.26. The smallest absolute Gasteiger partial charge is 0.140 e. The number of methoxy groups -OCH3 is 2. The summed E-state index contributed by atoms with van der Waals surface area (Å²) in [6, 6.07) is 3.82. The molecule has 0 aromatic heterocycles. The largest absolute Gasteiger partial charge is 0.495 e. The van der Waals surface area contributed by atoms with Gasteiger partial charge in [-0.15, -0.1) is 0 Å². The second-order valence-electron chi connectivity index (χ2n) is 4.47. The van der Waals surface area contributed by atoms with E-state index in [0.717, 1.165) is 40.8 Å². The van der Waals surface area contributed by atoms with Gasteiger partial charge in [0.2, 0.25) is 0 Å². The first-order valence-corrected chi connectivity index (χ1v) is 6.91. The summed E-state index contributed by atoms with van der Waals surface area (Å²) in [5, 5.41) is 0. The second kappa shape index (κ2) is 5.74. The molecule has 1 aliphatic rings. The van der Waals surface area contributed by atoms with Crippen LogP contribution in [0.5, 0.6) is 11.5 Å². The molecule has 0 radical (unpaired) electrons. The molecule has 98 valence electrons. The van der Waals surface area contributed by atoms with Crippen LogP contribution in [0, 0.1) is 0 Å². The van der Waals surface area contributed by atoms with E-state index in [1.54, 1.807) is 14.2 Å². The van der Waals surface area contributed by atoms with Crippen LogP contribution in [0.2, 0.25) is 0 Å². The van der Waals surface area contributed by atoms with Crippen LogP contribution in [0.15, 0.2) is 16.6 Å². The van der Waals surface area contributed by atoms with E-state index in [-0.39, 0.29) is 5.92 Å². The SMILES string of the molecule is COc1ccc(C2CCCCC2=O)c(OC)c1Br. The van der Waals surface area contributed by atoms with Crippen LogP contribution in [0.25, 0.3) is 0 Å². The van der Waals surface area contributed by atoms with Crippen molar-refractivity contribution in [3.8, 4) is 11.5 Å². The van der Waals surface area contributed by atoms with Gasteiger partial charge in [0.25, 0.3) is 0 Å². The van der Waals surface area contributed by atoms with Gasteiger partial charge in [-0.1, -0.05) is 12.5 Å². The summed E-state index contributed by atoms with van der Waals surface area (Å²) in [6.45, 7) is 0. The molecule has 3 nitrogen and oxygen atoms in total. The Hall–Kier alpha value is -1.03. The van der Waals surface area contributed by atoms with Crippen molar-refractivity contribution in [1.29, 1.82) is 0 Å². The van der Waals surface area contributed by atoms with Gasteiger partial charge in [0.05, 0.1) is 14.2 Å². The number of ketones is 1. The molecule has 1 atom stereocenters. The van der Waals surface area contributed by atoms with Crippen molar-refractivity contribution in [3.63, 3.8) is 0 Å². The highest BCUT2D eigenvalue weighted by Gasteiger charge is 2.28. The van der Waals surface area contributed by atoms with Crippen LogP contribution in [-0.2, 0) is 4.79 Å². The van der Waals surface area contributed by atoms with E-state index < -0.39 is 0 Å². The zero-order valence-electron chi connectivity index (χ0n) is 10.7. The Morgan fingerprint density at radius 1 is 1.22 bits per heavy atom. The summed E-state index contributed by atoms with van der Waals surface area (Å²) in [5.74, 6) is 1.72. The van der Waals surface area contributed by atoms with Crippen molar-refractivity contribution < 1.29 is 14.3 Å². The fraction of sp³-hybridized carbons (Fsp3) is 0.500. The first-order chi connectivity index (χ1) is 8.69. The predicted octanol–water partition coefficient (Wildman–Crippen LogP) is 3.69. The lowest BCUT2D eigenvalue weighted by Crippen LogP contribution is -2.17. The molecule has 1 fully saturated rings. The molecule has 0 spiro atoms. The van der Waals surface area contributed by atoms with E-state index in [2.05, 4.69) is 15.9 Å². The number of rotatable bonds is 3. The number of benzene rings is 1. The Balaban J connectivity index is 2.43. The number of carbonyl (C=O) groups is 1. The number of hydrogen-bond donors (Lipinski definition) is 0. The topological polar surface area (TPSA) is 35.5 Å². The highest BCUT2D eigenvalue weighted by molar-refractivity contribution is 9.10. The van der Waals surface area contributed by atoms with Crippen LogP contribution in [0.4, 0.5) is 0 Å². The van der Waals surface area contributed by atoms with Gasteiger partial charge in [-0.2, -0.15) is 0 Å². The van der Waals surface area contributed by atoms with Crippen LogP contribution in [0.3, 0.4) is 0 Å². The molecule has 0 aliphatic heterocycles. The average molecular weight is 313 g/mol. The van der Waals surface area contributed by atoms with Gasteiger partial charge >= 0.3 is 0 Å². The minimum absolute atomic E-state index is 0.0316. The maximum Gasteiger partial charge on any atom is 0.140 e. The maximum atomic E-state index is 12.0. The van der Waals surface area contributed by atoms with Crippen LogP contribution in [0.1, 0.15) is 37.2 Å². The van der Waals surface area contributed by atoms with E-state index in [1.807, 2.05) is 12.1 Å². The monoisotopic (exact) mass is 312 g/mol. The van der Waals surface area contributed by atoms with Gasteiger partial charge in [-0.05, 0) is 34.8 Å². The zero-order valence-corrected chi connectivity index (χ0v) is 12.2. The fourth-order valence-electron chi connectivity index (χ4n) is 2.50.